The van der Waals surface area contributed by atoms with Gasteiger partial charge in [-0.15, -0.1) is 0 Å². The van der Waals surface area contributed by atoms with Crippen LogP contribution >= 0.6 is 0 Å². The number of aromatic nitrogens is 1. The molecule has 184 valence electrons. The topological polar surface area (TPSA) is 91.4 Å². The van der Waals surface area contributed by atoms with Crippen LogP contribution in [-0.2, 0) is 22.6 Å². The number of piperidine rings is 1. The molecular formula is C28H27FN4O3. The molecule has 3 heterocycles. The highest BCUT2D eigenvalue weighted by Crippen LogP contribution is 2.41. The third-order valence-corrected chi connectivity index (χ3v) is 6.97. The Balaban J connectivity index is 1.22. The van der Waals surface area contributed by atoms with E-state index in [1.807, 2.05) is 12.1 Å². The monoisotopic (exact) mass is 486 g/mol. The molecule has 0 saturated carbocycles. The van der Waals surface area contributed by atoms with Crippen molar-refractivity contribution in [3.63, 3.8) is 0 Å². The lowest BCUT2D eigenvalue weighted by molar-refractivity contribution is -0.132. The number of rotatable bonds is 6. The van der Waals surface area contributed by atoms with Crippen LogP contribution in [0.15, 0.2) is 67.0 Å². The number of carbonyl (C=O) groups is 3. The summed E-state index contributed by atoms with van der Waals surface area (Å²) in [5.74, 6) is -0.956. The van der Waals surface area contributed by atoms with Crippen molar-refractivity contribution in [1.82, 2.24) is 15.2 Å². The molecule has 3 amide bonds. The quantitative estimate of drug-likeness (QED) is 0.556. The summed E-state index contributed by atoms with van der Waals surface area (Å²) in [6, 6.07) is 15.1. The third-order valence-electron chi connectivity index (χ3n) is 6.97. The van der Waals surface area contributed by atoms with E-state index in [4.69, 9.17) is 0 Å². The van der Waals surface area contributed by atoms with E-state index in [0.29, 0.717) is 43.6 Å². The third kappa shape index (κ3) is 5.12. The van der Waals surface area contributed by atoms with E-state index >= 15 is 0 Å². The molecule has 1 atom stereocenters. The van der Waals surface area contributed by atoms with E-state index in [9.17, 15) is 18.8 Å². The molecule has 0 aliphatic carbocycles. The average molecular weight is 487 g/mol. The van der Waals surface area contributed by atoms with Gasteiger partial charge < -0.3 is 15.5 Å². The molecule has 36 heavy (non-hydrogen) atoms. The molecule has 2 aliphatic heterocycles. The zero-order valence-electron chi connectivity index (χ0n) is 19.7. The number of hydrogen-bond donors (Lipinski definition) is 2. The molecule has 3 aromatic rings. The van der Waals surface area contributed by atoms with Gasteiger partial charge in [-0.3, -0.25) is 19.4 Å². The van der Waals surface area contributed by atoms with Crippen molar-refractivity contribution < 1.29 is 18.8 Å². The van der Waals surface area contributed by atoms with Gasteiger partial charge in [-0.05, 0) is 71.8 Å². The van der Waals surface area contributed by atoms with Crippen LogP contribution < -0.4 is 10.6 Å². The zero-order valence-corrected chi connectivity index (χ0v) is 19.7. The molecule has 1 fully saturated rings. The Morgan fingerprint density at radius 3 is 2.61 bits per heavy atom. The highest BCUT2D eigenvalue weighted by molar-refractivity contribution is 6.04. The van der Waals surface area contributed by atoms with Crippen LogP contribution in [0.5, 0.6) is 0 Å². The minimum absolute atomic E-state index is 0.0390. The summed E-state index contributed by atoms with van der Waals surface area (Å²) in [5.41, 5.74) is 3.62. The molecule has 0 unspecified atom stereocenters. The van der Waals surface area contributed by atoms with Gasteiger partial charge in [0.15, 0.2) is 0 Å². The first-order valence-electron chi connectivity index (χ1n) is 12.1. The molecule has 8 heteroatoms. The summed E-state index contributed by atoms with van der Waals surface area (Å²) in [5, 5.41) is 5.85. The van der Waals surface area contributed by atoms with Crippen molar-refractivity contribution in [3.05, 3.63) is 95.1 Å². The van der Waals surface area contributed by atoms with Crippen LogP contribution in [0.3, 0.4) is 0 Å². The minimum atomic E-state index is -0.355. The molecule has 7 nitrogen and oxygen atoms in total. The number of pyridine rings is 1. The van der Waals surface area contributed by atoms with Crippen molar-refractivity contribution in [1.29, 1.82) is 0 Å². The van der Waals surface area contributed by atoms with Gasteiger partial charge in [0.2, 0.25) is 11.8 Å². The number of nitrogens with zero attached hydrogens (tertiary/aromatic N) is 2. The number of hydrogen-bond acceptors (Lipinski definition) is 4. The molecule has 5 rings (SSSR count). The molecule has 2 aromatic carbocycles. The van der Waals surface area contributed by atoms with Gasteiger partial charge in [-0.2, -0.15) is 0 Å². The van der Waals surface area contributed by atoms with Crippen LogP contribution in [0.25, 0.3) is 0 Å². The lowest BCUT2D eigenvalue weighted by atomic mass is 9.80. The van der Waals surface area contributed by atoms with Gasteiger partial charge in [0, 0.05) is 43.3 Å². The van der Waals surface area contributed by atoms with E-state index in [2.05, 4.69) is 15.6 Å². The smallest absolute Gasteiger partial charge is 0.251 e. The summed E-state index contributed by atoms with van der Waals surface area (Å²) >= 11 is 0. The Kier molecular flexibility index (Phi) is 6.75. The van der Waals surface area contributed by atoms with Crippen LogP contribution in [0, 0.1) is 11.7 Å². The maximum Gasteiger partial charge on any atom is 0.251 e. The summed E-state index contributed by atoms with van der Waals surface area (Å²) in [4.78, 5) is 44.2. The second kappa shape index (κ2) is 10.3. The molecule has 2 N–H and O–H groups in total. The number of nitrogens with one attached hydrogen (secondary N) is 2. The molecule has 0 spiro atoms. The number of fused-ring (bicyclic) bond motifs is 1. The normalized spacial score (nSPS) is 17.4. The average Bonchev–Trinajstić information content (AvgIpc) is 3.22. The molecule has 0 radical (unpaired) electrons. The van der Waals surface area contributed by atoms with Crippen LogP contribution in [0.1, 0.15) is 45.8 Å². The van der Waals surface area contributed by atoms with E-state index in [1.165, 1.54) is 12.1 Å². The maximum atomic E-state index is 13.5. The molecule has 1 saturated heterocycles. The Labute approximate surface area is 208 Å². The summed E-state index contributed by atoms with van der Waals surface area (Å²) in [6.07, 6.45) is 4.91. The van der Waals surface area contributed by atoms with Gasteiger partial charge in [0.25, 0.3) is 5.91 Å². The van der Waals surface area contributed by atoms with Gasteiger partial charge in [0.1, 0.15) is 5.82 Å². The van der Waals surface area contributed by atoms with Crippen molar-refractivity contribution in [2.75, 3.05) is 18.4 Å². The second-order valence-electron chi connectivity index (χ2n) is 9.34. The molecule has 0 bridgehead atoms. The molecular weight excluding hydrogens is 459 g/mol. The Morgan fingerprint density at radius 1 is 1.06 bits per heavy atom. The lowest BCUT2D eigenvalue weighted by Gasteiger charge is -2.34. The number of carbonyl (C=O) groups excluding carboxylic acids is 3. The first kappa shape index (κ1) is 23.7. The zero-order chi connectivity index (χ0) is 25.1. The van der Waals surface area contributed by atoms with Crippen LogP contribution in [0.2, 0.25) is 0 Å². The highest BCUT2D eigenvalue weighted by Gasteiger charge is 2.39. The fourth-order valence-corrected chi connectivity index (χ4v) is 5.10. The number of likely N-dealkylation sites (tertiary alicyclic amines) is 1. The van der Waals surface area contributed by atoms with E-state index in [-0.39, 0.29) is 41.8 Å². The maximum absolute atomic E-state index is 13.5. The van der Waals surface area contributed by atoms with Crippen molar-refractivity contribution in [2.45, 2.75) is 31.7 Å². The standard InChI is InChI=1S/C28H27FN4O3/c29-22-5-1-3-18(13-22)14-25(34)33-11-8-20(9-12-33)26-23-15-21(6-7-24(23)32-28(26)36)27(35)31-17-19-4-2-10-30-16-19/h1-7,10,13,15-16,20,26H,8-9,11-12,14,17H2,(H,31,35)(H,32,36)/t26-/m0/s1. The summed E-state index contributed by atoms with van der Waals surface area (Å²) in [7, 11) is 0. The van der Waals surface area contributed by atoms with Crippen LogP contribution in [-0.4, -0.2) is 40.7 Å². The molecule has 1 aromatic heterocycles. The van der Waals surface area contributed by atoms with Crippen molar-refractivity contribution in [3.8, 4) is 0 Å². The first-order valence-corrected chi connectivity index (χ1v) is 12.1. The fraction of sp³-hybridized carbons (Fsp3) is 0.286. The van der Waals surface area contributed by atoms with Crippen LogP contribution in [0.4, 0.5) is 10.1 Å². The minimum Gasteiger partial charge on any atom is -0.348 e. The second-order valence-corrected chi connectivity index (χ2v) is 9.34. The lowest BCUT2D eigenvalue weighted by Crippen LogP contribution is -2.41. The van der Waals surface area contributed by atoms with Gasteiger partial charge in [-0.1, -0.05) is 18.2 Å². The van der Waals surface area contributed by atoms with Gasteiger partial charge >= 0.3 is 0 Å². The fourth-order valence-electron chi connectivity index (χ4n) is 5.10. The summed E-state index contributed by atoms with van der Waals surface area (Å²) < 4.78 is 13.5. The number of benzene rings is 2. The summed E-state index contributed by atoms with van der Waals surface area (Å²) in [6.45, 7) is 1.46. The predicted octanol–water partition coefficient (Wildman–Crippen LogP) is 3.67. The van der Waals surface area contributed by atoms with E-state index in [0.717, 1.165) is 16.8 Å². The first-order chi connectivity index (χ1) is 17.5. The Bertz CT molecular complexity index is 1290. The van der Waals surface area contributed by atoms with Gasteiger partial charge in [-0.25, -0.2) is 4.39 Å². The van der Waals surface area contributed by atoms with Crippen molar-refractivity contribution in [2.24, 2.45) is 5.92 Å². The van der Waals surface area contributed by atoms with E-state index in [1.54, 1.807) is 47.6 Å². The predicted molar refractivity (Wildman–Crippen MR) is 133 cm³/mol. The SMILES string of the molecule is O=C(NCc1cccnc1)c1ccc2c(c1)[C@H](C1CCN(C(=O)Cc3cccc(F)c3)CC1)C(=O)N2. The van der Waals surface area contributed by atoms with E-state index < -0.39 is 0 Å². The molecule has 2 aliphatic rings. The van der Waals surface area contributed by atoms with Gasteiger partial charge in [0.05, 0.1) is 12.3 Å². The number of amides is 3. The Hall–Kier alpha value is -4.07. The number of anilines is 1. The largest absolute Gasteiger partial charge is 0.348 e. The Morgan fingerprint density at radius 2 is 1.86 bits per heavy atom. The van der Waals surface area contributed by atoms with Crippen molar-refractivity contribution >= 4 is 23.4 Å². The highest BCUT2D eigenvalue weighted by atomic mass is 19.1. The number of halogens is 1.